The van der Waals surface area contributed by atoms with Crippen LogP contribution in [-0.4, -0.2) is 39.1 Å². The number of hydrogen-bond acceptors (Lipinski definition) is 3. The van der Waals surface area contributed by atoms with Crippen molar-refractivity contribution < 1.29 is 32.4 Å². The number of amides is 2. The first-order chi connectivity index (χ1) is 13.7. The molecule has 2 rings (SSSR count). The summed E-state index contributed by atoms with van der Waals surface area (Å²) in [5.41, 5.74) is -0.330. The molecule has 0 spiro atoms. The van der Waals surface area contributed by atoms with Crippen molar-refractivity contribution in [2.24, 2.45) is 0 Å². The number of quaternary nitrogens is 1. The normalized spacial score (nSPS) is 12.2. The number of rotatable bonds is 8. The van der Waals surface area contributed by atoms with Gasteiger partial charge in [0.15, 0.2) is 13.1 Å². The largest absolute Gasteiger partial charge is 0.497 e. The quantitative estimate of drug-likeness (QED) is 0.618. The van der Waals surface area contributed by atoms with Gasteiger partial charge < -0.3 is 20.3 Å². The Morgan fingerprint density at radius 3 is 2.24 bits per heavy atom. The molecule has 0 saturated carbocycles. The van der Waals surface area contributed by atoms with Crippen LogP contribution in [0.2, 0.25) is 0 Å². The van der Waals surface area contributed by atoms with Crippen molar-refractivity contribution in [3.05, 3.63) is 59.7 Å². The van der Waals surface area contributed by atoms with Gasteiger partial charge >= 0.3 is 6.18 Å². The molecule has 0 heterocycles. The molecule has 2 amide bonds. The van der Waals surface area contributed by atoms with Crippen LogP contribution in [-0.2, 0) is 22.3 Å². The van der Waals surface area contributed by atoms with Crippen molar-refractivity contribution in [2.45, 2.75) is 12.7 Å². The Bertz CT molecular complexity index is 839. The molecular weight excluding hydrogens is 387 g/mol. The lowest BCUT2D eigenvalue weighted by molar-refractivity contribution is -0.862. The summed E-state index contributed by atoms with van der Waals surface area (Å²) in [4.78, 5) is 24.7. The molecule has 29 heavy (non-hydrogen) atoms. The summed E-state index contributed by atoms with van der Waals surface area (Å²) in [6, 6.07) is 12.0. The lowest BCUT2D eigenvalue weighted by Crippen LogP contribution is -3.11. The van der Waals surface area contributed by atoms with E-state index in [1.807, 2.05) is 12.1 Å². The molecule has 3 N–H and O–H groups in total. The minimum Gasteiger partial charge on any atom is -0.497 e. The van der Waals surface area contributed by atoms with E-state index in [0.29, 0.717) is 17.2 Å². The zero-order chi connectivity index (χ0) is 21.4. The summed E-state index contributed by atoms with van der Waals surface area (Å²) in [6.45, 7) is 0.175. The number of carbonyl (C=O) groups excluding carboxylic acids is 2. The minimum absolute atomic E-state index is 0.00446. The summed E-state index contributed by atoms with van der Waals surface area (Å²) in [5, 5.41) is 5.00. The molecule has 2 aromatic rings. The van der Waals surface area contributed by atoms with Gasteiger partial charge in [0, 0.05) is 6.54 Å². The zero-order valence-corrected chi connectivity index (χ0v) is 16.1. The maximum atomic E-state index is 13.0. The standard InChI is InChI=1S/C20H22F3N3O3/c1-26(12-18(27)24-11-14-7-9-15(29-2)10-8-14)13-19(28)25-17-6-4-3-5-16(17)20(21,22)23/h3-10H,11-13H2,1-2H3,(H,24,27)(H,25,28)/p+1. The van der Waals surface area contributed by atoms with E-state index in [2.05, 4.69) is 10.6 Å². The van der Waals surface area contributed by atoms with Gasteiger partial charge in [-0.05, 0) is 29.8 Å². The number of benzene rings is 2. The lowest BCUT2D eigenvalue weighted by Gasteiger charge is -2.16. The fourth-order valence-corrected chi connectivity index (χ4v) is 2.65. The fourth-order valence-electron chi connectivity index (χ4n) is 2.65. The summed E-state index contributed by atoms with van der Waals surface area (Å²) >= 11 is 0. The van der Waals surface area contributed by atoms with Gasteiger partial charge in [0.25, 0.3) is 11.8 Å². The first-order valence-corrected chi connectivity index (χ1v) is 8.86. The Morgan fingerprint density at radius 1 is 1.00 bits per heavy atom. The number of para-hydroxylation sites is 1. The van der Waals surface area contributed by atoms with Crippen molar-refractivity contribution in [3.8, 4) is 5.75 Å². The van der Waals surface area contributed by atoms with Gasteiger partial charge in [-0.1, -0.05) is 24.3 Å². The molecule has 0 aliphatic heterocycles. The van der Waals surface area contributed by atoms with E-state index in [1.165, 1.54) is 18.2 Å². The highest BCUT2D eigenvalue weighted by Gasteiger charge is 2.33. The molecule has 0 aromatic heterocycles. The van der Waals surface area contributed by atoms with Gasteiger partial charge in [0.1, 0.15) is 5.75 Å². The second-order valence-electron chi connectivity index (χ2n) is 6.53. The predicted molar refractivity (Wildman–Crippen MR) is 102 cm³/mol. The number of likely N-dealkylation sites (N-methyl/N-ethyl adjacent to an activating group) is 1. The third-order valence-electron chi connectivity index (χ3n) is 4.08. The lowest BCUT2D eigenvalue weighted by atomic mass is 10.1. The van der Waals surface area contributed by atoms with Crippen LogP contribution in [0, 0.1) is 0 Å². The number of carbonyl (C=O) groups is 2. The molecule has 1 unspecified atom stereocenters. The Morgan fingerprint density at radius 2 is 1.62 bits per heavy atom. The molecule has 0 aliphatic rings. The average molecular weight is 410 g/mol. The smallest absolute Gasteiger partial charge is 0.418 e. The summed E-state index contributed by atoms with van der Waals surface area (Å²) in [6.07, 6.45) is -4.57. The molecule has 9 heteroatoms. The van der Waals surface area contributed by atoms with E-state index in [-0.39, 0.29) is 24.7 Å². The SMILES string of the molecule is COc1ccc(CNC(=O)C[NH+](C)CC(=O)Nc2ccccc2C(F)(F)F)cc1. The van der Waals surface area contributed by atoms with Crippen LogP contribution in [0.25, 0.3) is 0 Å². The van der Waals surface area contributed by atoms with E-state index in [1.54, 1.807) is 26.3 Å². The highest BCUT2D eigenvalue weighted by molar-refractivity contribution is 5.92. The summed E-state index contributed by atoms with van der Waals surface area (Å²) < 4.78 is 44.0. The van der Waals surface area contributed by atoms with Crippen LogP contribution in [0.1, 0.15) is 11.1 Å². The monoisotopic (exact) mass is 410 g/mol. The van der Waals surface area contributed by atoms with Crippen LogP contribution in [0.4, 0.5) is 18.9 Å². The molecule has 156 valence electrons. The van der Waals surface area contributed by atoms with Crippen LogP contribution in [0.15, 0.2) is 48.5 Å². The molecule has 1 atom stereocenters. The minimum atomic E-state index is -4.57. The number of ether oxygens (including phenoxy) is 1. The summed E-state index contributed by atoms with van der Waals surface area (Å²) in [7, 11) is 3.18. The third-order valence-corrected chi connectivity index (χ3v) is 4.08. The molecule has 6 nitrogen and oxygen atoms in total. The van der Waals surface area contributed by atoms with E-state index in [4.69, 9.17) is 4.74 Å². The maximum absolute atomic E-state index is 13.0. The van der Waals surface area contributed by atoms with E-state index >= 15 is 0 Å². The second-order valence-corrected chi connectivity index (χ2v) is 6.53. The zero-order valence-electron chi connectivity index (χ0n) is 16.1. The van der Waals surface area contributed by atoms with Crippen molar-refractivity contribution in [1.82, 2.24) is 5.32 Å². The Labute approximate surface area is 166 Å². The van der Waals surface area contributed by atoms with Gasteiger partial charge in [-0.3, -0.25) is 9.59 Å². The van der Waals surface area contributed by atoms with Crippen molar-refractivity contribution >= 4 is 17.5 Å². The molecular formula is C20H23F3N3O3+. The molecule has 0 saturated heterocycles. The van der Waals surface area contributed by atoms with E-state index in [0.717, 1.165) is 11.6 Å². The Kier molecular flexibility index (Phi) is 7.60. The predicted octanol–water partition coefficient (Wildman–Crippen LogP) is 1.48. The molecule has 0 bridgehead atoms. The number of hydrogen-bond donors (Lipinski definition) is 3. The average Bonchev–Trinajstić information content (AvgIpc) is 2.66. The number of methoxy groups -OCH3 is 1. The van der Waals surface area contributed by atoms with Crippen molar-refractivity contribution in [2.75, 3.05) is 32.6 Å². The number of halogens is 3. The Balaban J connectivity index is 1.81. The molecule has 2 aromatic carbocycles. The maximum Gasteiger partial charge on any atom is 0.418 e. The van der Waals surface area contributed by atoms with Gasteiger partial charge in [-0.2, -0.15) is 13.2 Å². The van der Waals surface area contributed by atoms with Crippen LogP contribution in [0.5, 0.6) is 5.75 Å². The molecule has 0 aliphatic carbocycles. The molecule has 0 fully saturated rings. The van der Waals surface area contributed by atoms with Crippen LogP contribution >= 0.6 is 0 Å². The third kappa shape index (κ3) is 7.11. The van der Waals surface area contributed by atoms with Gasteiger partial charge in [-0.25, -0.2) is 0 Å². The molecule has 0 radical (unpaired) electrons. The van der Waals surface area contributed by atoms with E-state index in [9.17, 15) is 22.8 Å². The van der Waals surface area contributed by atoms with Gasteiger partial charge in [0.2, 0.25) is 0 Å². The first kappa shape index (κ1) is 22.2. The van der Waals surface area contributed by atoms with Crippen molar-refractivity contribution in [1.29, 1.82) is 0 Å². The Hall–Kier alpha value is -3.07. The van der Waals surface area contributed by atoms with Gasteiger partial charge in [-0.15, -0.1) is 0 Å². The fraction of sp³-hybridized carbons (Fsp3) is 0.300. The van der Waals surface area contributed by atoms with Gasteiger partial charge in [0.05, 0.1) is 25.4 Å². The number of nitrogens with one attached hydrogen (secondary N) is 3. The van der Waals surface area contributed by atoms with Crippen LogP contribution < -0.4 is 20.3 Å². The highest BCUT2D eigenvalue weighted by Crippen LogP contribution is 2.34. The summed E-state index contributed by atoms with van der Waals surface area (Å²) in [5.74, 6) is -0.175. The first-order valence-electron chi connectivity index (χ1n) is 8.86. The highest BCUT2D eigenvalue weighted by atomic mass is 19.4. The second kappa shape index (κ2) is 9.92. The number of alkyl halides is 3. The van der Waals surface area contributed by atoms with Crippen LogP contribution in [0.3, 0.4) is 0 Å². The topological polar surface area (TPSA) is 71.9 Å². The van der Waals surface area contributed by atoms with Crippen molar-refractivity contribution in [3.63, 3.8) is 0 Å². The van der Waals surface area contributed by atoms with E-state index < -0.39 is 17.6 Å². The number of anilines is 1.